The number of rotatable bonds is 2. The monoisotopic (exact) mass is 263 g/mol. The van der Waals surface area contributed by atoms with Gasteiger partial charge in [0.25, 0.3) is 0 Å². The van der Waals surface area contributed by atoms with Crippen LogP contribution in [0.4, 0.5) is 14.4 Å². The molecular formula is C8H13N3O5S. The fourth-order valence-corrected chi connectivity index (χ4v) is 0.551. The number of imide groups is 2. The van der Waals surface area contributed by atoms with E-state index in [1.165, 1.54) is 0 Å². The standard InChI is InChI=1S/C7H12N2O5.CHNS/c1-3-13-6(11)8-5(10)9-7(12)14-4-2;2-1-3/h3-4H2,1-2H3,(H2,8,9,10,11,12);2H. The van der Waals surface area contributed by atoms with Gasteiger partial charge in [0.1, 0.15) is 0 Å². The average molecular weight is 263 g/mol. The highest BCUT2D eigenvalue weighted by molar-refractivity contribution is 7.78. The summed E-state index contributed by atoms with van der Waals surface area (Å²) in [6.45, 7) is 3.45. The molecule has 0 saturated carbocycles. The maximum Gasteiger partial charge on any atom is 0.415 e. The minimum absolute atomic E-state index is 0.137. The first-order valence-corrected chi connectivity index (χ1v) is 4.87. The average Bonchev–Trinajstić information content (AvgIpc) is 2.18. The van der Waals surface area contributed by atoms with Gasteiger partial charge in [-0.2, -0.15) is 0 Å². The highest BCUT2D eigenvalue weighted by atomic mass is 32.1. The number of carbonyl (C=O) groups is 3. The van der Waals surface area contributed by atoms with Crippen LogP contribution in [0.3, 0.4) is 0 Å². The van der Waals surface area contributed by atoms with Gasteiger partial charge in [0.2, 0.25) is 0 Å². The van der Waals surface area contributed by atoms with E-state index in [2.05, 4.69) is 21.7 Å². The molecule has 0 aliphatic heterocycles. The second-order valence-electron chi connectivity index (χ2n) is 2.12. The summed E-state index contributed by atoms with van der Waals surface area (Å²) in [6, 6.07) is -0.984. The van der Waals surface area contributed by atoms with Crippen LogP contribution in [-0.4, -0.2) is 36.6 Å². The number of isothiocyanates is 1. The molecule has 0 atom stereocenters. The van der Waals surface area contributed by atoms with Crippen molar-refractivity contribution in [3.05, 3.63) is 0 Å². The van der Waals surface area contributed by atoms with Gasteiger partial charge in [-0.25, -0.2) is 30.4 Å². The number of amides is 4. The molecule has 0 unspecified atom stereocenters. The predicted octanol–water partition coefficient (Wildman–Crippen LogP) is 1.27. The van der Waals surface area contributed by atoms with Crippen LogP contribution in [0.2, 0.25) is 0 Å². The lowest BCUT2D eigenvalue weighted by Gasteiger charge is -2.04. The van der Waals surface area contributed by atoms with Crippen molar-refractivity contribution in [1.82, 2.24) is 10.6 Å². The van der Waals surface area contributed by atoms with Crippen LogP contribution in [-0.2, 0) is 9.47 Å². The summed E-state index contributed by atoms with van der Waals surface area (Å²) in [6.07, 6.45) is -1.84. The normalized spacial score (nSPS) is 7.65. The van der Waals surface area contributed by atoms with Crippen molar-refractivity contribution in [1.29, 1.82) is 5.41 Å². The Morgan fingerprint density at radius 2 is 1.41 bits per heavy atom. The van der Waals surface area contributed by atoms with Crippen LogP contribution < -0.4 is 10.6 Å². The van der Waals surface area contributed by atoms with E-state index in [0.717, 1.165) is 0 Å². The molecule has 0 bridgehead atoms. The van der Waals surface area contributed by atoms with Crippen molar-refractivity contribution in [3.63, 3.8) is 0 Å². The molecule has 0 aromatic carbocycles. The molecule has 0 fully saturated rings. The van der Waals surface area contributed by atoms with Crippen molar-refractivity contribution in [3.8, 4) is 0 Å². The molecule has 0 aromatic rings. The number of carbonyl (C=O) groups excluding carboxylic acids is 3. The van der Waals surface area contributed by atoms with E-state index in [0.29, 0.717) is 0 Å². The molecule has 96 valence electrons. The Labute approximate surface area is 103 Å². The summed E-state index contributed by atoms with van der Waals surface area (Å²) in [5.41, 5.74) is 0. The zero-order chi connectivity index (χ0) is 13.7. The van der Waals surface area contributed by atoms with E-state index in [1.807, 2.05) is 0 Å². The minimum Gasteiger partial charge on any atom is -0.450 e. The van der Waals surface area contributed by atoms with Gasteiger partial charge in [0.15, 0.2) is 0 Å². The van der Waals surface area contributed by atoms with Gasteiger partial charge in [0, 0.05) is 0 Å². The molecule has 17 heavy (non-hydrogen) atoms. The van der Waals surface area contributed by atoms with E-state index < -0.39 is 18.2 Å². The fraction of sp³-hybridized carbons (Fsp3) is 0.500. The highest BCUT2D eigenvalue weighted by Crippen LogP contribution is 1.79. The molecule has 0 aliphatic rings. The largest absolute Gasteiger partial charge is 0.450 e. The molecule has 0 saturated heterocycles. The van der Waals surface area contributed by atoms with Crippen LogP contribution in [0.5, 0.6) is 0 Å². The summed E-state index contributed by atoms with van der Waals surface area (Å²) in [5, 5.41) is 10.9. The summed E-state index contributed by atoms with van der Waals surface area (Å²) in [5.74, 6) is 0. The smallest absolute Gasteiger partial charge is 0.415 e. The molecule has 4 amide bonds. The van der Waals surface area contributed by atoms with Gasteiger partial charge in [-0.15, -0.1) is 0 Å². The Morgan fingerprint density at radius 1 is 1.12 bits per heavy atom. The summed E-state index contributed by atoms with van der Waals surface area (Å²) in [7, 11) is 0. The molecule has 0 radical (unpaired) electrons. The molecule has 0 aromatic heterocycles. The van der Waals surface area contributed by atoms with Crippen LogP contribution in [0, 0.1) is 5.41 Å². The van der Waals surface area contributed by atoms with Gasteiger partial charge >= 0.3 is 18.2 Å². The zero-order valence-electron chi connectivity index (χ0n) is 9.36. The summed E-state index contributed by atoms with van der Waals surface area (Å²) in [4.78, 5) is 32.1. The van der Waals surface area contributed by atoms with E-state index >= 15 is 0 Å². The summed E-state index contributed by atoms with van der Waals surface area (Å²) < 4.78 is 8.78. The Morgan fingerprint density at radius 3 is 1.65 bits per heavy atom. The first-order valence-electron chi connectivity index (χ1n) is 4.47. The number of thiocarbonyl (C=S) groups is 1. The predicted molar refractivity (Wildman–Crippen MR) is 61.0 cm³/mol. The molecule has 0 aliphatic carbocycles. The number of ether oxygens (including phenoxy) is 2. The van der Waals surface area contributed by atoms with Gasteiger partial charge in [0.05, 0.1) is 18.4 Å². The van der Waals surface area contributed by atoms with Crippen LogP contribution in [0.1, 0.15) is 13.8 Å². The quantitative estimate of drug-likeness (QED) is 0.510. The number of alkyl carbamates (subject to hydrolysis) is 2. The van der Waals surface area contributed by atoms with Gasteiger partial charge in [-0.1, -0.05) is 0 Å². The Kier molecular flexibility index (Phi) is 12.4. The summed E-state index contributed by atoms with van der Waals surface area (Å²) >= 11 is 3.81. The number of hydrogen-bond acceptors (Lipinski definition) is 7. The topological polar surface area (TPSA) is 118 Å². The van der Waals surface area contributed by atoms with Crippen molar-refractivity contribution >= 4 is 35.6 Å². The van der Waals surface area contributed by atoms with Gasteiger partial charge < -0.3 is 9.47 Å². The molecule has 9 heteroatoms. The first-order chi connectivity index (χ1) is 8.01. The number of nitrogens with one attached hydrogen (secondary N) is 3. The maximum atomic E-state index is 10.8. The van der Waals surface area contributed by atoms with Crippen molar-refractivity contribution < 1.29 is 23.9 Å². The first kappa shape index (κ1) is 17.4. The van der Waals surface area contributed by atoms with Crippen LogP contribution in [0.25, 0.3) is 0 Å². The molecule has 0 rings (SSSR count). The van der Waals surface area contributed by atoms with E-state index in [-0.39, 0.29) is 13.2 Å². The lowest BCUT2D eigenvalue weighted by molar-refractivity contribution is 0.146. The van der Waals surface area contributed by atoms with Crippen molar-refractivity contribution in [2.75, 3.05) is 13.2 Å². The number of urea groups is 1. The lowest BCUT2D eigenvalue weighted by Crippen LogP contribution is -2.42. The molecule has 0 spiro atoms. The molecule has 8 nitrogen and oxygen atoms in total. The van der Waals surface area contributed by atoms with E-state index in [1.54, 1.807) is 29.6 Å². The van der Waals surface area contributed by atoms with Crippen LogP contribution >= 0.6 is 12.2 Å². The Bertz CT molecular complexity index is 280. The second kappa shape index (κ2) is 12.1. The zero-order valence-corrected chi connectivity index (χ0v) is 10.2. The second-order valence-corrected chi connectivity index (χ2v) is 2.33. The lowest BCUT2D eigenvalue weighted by atomic mass is 10.8. The minimum atomic E-state index is -0.984. The van der Waals surface area contributed by atoms with Gasteiger partial charge in [-0.05, 0) is 26.1 Å². The molecule has 0 heterocycles. The Hall–Kier alpha value is -1.99. The van der Waals surface area contributed by atoms with E-state index in [4.69, 9.17) is 5.41 Å². The highest BCUT2D eigenvalue weighted by Gasteiger charge is 2.11. The van der Waals surface area contributed by atoms with Gasteiger partial charge in [-0.3, -0.25) is 0 Å². The Balaban J connectivity index is 0. The van der Waals surface area contributed by atoms with Crippen LogP contribution in [0.15, 0.2) is 0 Å². The van der Waals surface area contributed by atoms with Crippen molar-refractivity contribution in [2.45, 2.75) is 13.8 Å². The van der Waals surface area contributed by atoms with E-state index in [9.17, 15) is 14.4 Å². The SMILES string of the molecule is CCOC(=O)NC(=O)NC(=O)OCC.N=C=S. The fourth-order valence-electron chi connectivity index (χ4n) is 0.551. The van der Waals surface area contributed by atoms with Crippen molar-refractivity contribution in [2.24, 2.45) is 0 Å². The number of hydrogen-bond donors (Lipinski definition) is 3. The third-order valence-electron chi connectivity index (χ3n) is 0.982. The molecule has 3 N–H and O–H groups in total. The maximum absolute atomic E-state index is 10.8. The third-order valence-corrected chi connectivity index (χ3v) is 0.982. The third kappa shape index (κ3) is 14.0. The molecular weight excluding hydrogens is 250 g/mol.